The standard InChI is InChI=1S/C21H21ClN2O3S/c1-13-11-16-18(24-17-3-2-4-19(25)21(16)17)12-20(13)28(26,27)23-10-9-14-5-7-15(22)8-6-14/h5-8,11-12,23-24H,2-4,9-10H2,1H3. The lowest BCUT2D eigenvalue weighted by Gasteiger charge is -2.11. The van der Waals surface area contributed by atoms with Gasteiger partial charge in [-0.2, -0.15) is 0 Å². The Morgan fingerprint density at radius 3 is 2.64 bits per heavy atom. The minimum Gasteiger partial charge on any atom is -0.358 e. The molecular weight excluding hydrogens is 396 g/mol. The Balaban J connectivity index is 1.59. The molecule has 0 atom stereocenters. The number of aromatic amines is 1. The molecule has 1 aliphatic carbocycles. The monoisotopic (exact) mass is 416 g/mol. The SMILES string of the molecule is Cc1cc2c3c([nH]c2cc1S(=O)(=O)NCCc1ccc(Cl)cc1)CCCC3=O. The largest absolute Gasteiger partial charge is 0.358 e. The van der Waals surface area contributed by atoms with Crippen molar-refractivity contribution < 1.29 is 13.2 Å². The van der Waals surface area contributed by atoms with Crippen LogP contribution in [0.3, 0.4) is 0 Å². The number of hydrogen-bond acceptors (Lipinski definition) is 3. The van der Waals surface area contributed by atoms with Gasteiger partial charge in [-0.15, -0.1) is 0 Å². The minimum absolute atomic E-state index is 0.128. The first-order valence-corrected chi connectivity index (χ1v) is 11.1. The van der Waals surface area contributed by atoms with Crippen molar-refractivity contribution in [1.82, 2.24) is 9.71 Å². The summed E-state index contributed by atoms with van der Waals surface area (Å²) in [5.74, 6) is 0.128. The van der Waals surface area contributed by atoms with Crippen LogP contribution in [0.4, 0.5) is 0 Å². The molecule has 1 aromatic heterocycles. The number of rotatable bonds is 5. The van der Waals surface area contributed by atoms with Crippen LogP contribution in [0.1, 0.15) is 40.0 Å². The van der Waals surface area contributed by atoms with Crippen LogP contribution in [0.25, 0.3) is 10.9 Å². The molecule has 4 rings (SSSR count). The highest BCUT2D eigenvalue weighted by Crippen LogP contribution is 2.32. The first kappa shape index (κ1) is 19.2. The lowest BCUT2D eigenvalue weighted by atomic mass is 9.94. The Labute approximate surface area is 169 Å². The number of carbonyl (C=O) groups excluding carboxylic acids is 1. The van der Waals surface area contributed by atoms with Gasteiger partial charge in [-0.3, -0.25) is 4.79 Å². The van der Waals surface area contributed by atoms with Gasteiger partial charge in [-0.1, -0.05) is 23.7 Å². The topological polar surface area (TPSA) is 79.0 Å². The third-order valence-electron chi connectivity index (χ3n) is 5.19. The Morgan fingerprint density at radius 2 is 1.89 bits per heavy atom. The van der Waals surface area contributed by atoms with Crippen molar-refractivity contribution in [3.05, 3.63) is 63.8 Å². The van der Waals surface area contributed by atoms with Crippen molar-refractivity contribution in [3.8, 4) is 0 Å². The first-order valence-electron chi connectivity index (χ1n) is 9.27. The summed E-state index contributed by atoms with van der Waals surface area (Å²) < 4.78 is 28.3. The smallest absolute Gasteiger partial charge is 0.240 e. The summed E-state index contributed by atoms with van der Waals surface area (Å²) in [5, 5.41) is 1.47. The summed E-state index contributed by atoms with van der Waals surface area (Å²) in [4.78, 5) is 15.8. The van der Waals surface area contributed by atoms with Crippen molar-refractivity contribution in [2.24, 2.45) is 0 Å². The van der Waals surface area contributed by atoms with Crippen LogP contribution >= 0.6 is 11.6 Å². The van der Waals surface area contributed by atoms with E-state index in [9.17, 15) is 13.2 Å². The first-order chi connectivity index (χ1) is 13.3. The molecule has 28 heavy (non-hydrogen) atoms. The van der Waals surface area contributed by atoms with E-state index in [1.807, 2.05) is 18.2 Å². The molecule has 1 aliphatic rings. The van der Waals surface area contributed by atoms with Gasteiger partial charge in [0.1, 0.15) is 0 Å². The number of aromatic nitrogens is 1. The highest BCUT2D eigenvalue weighted by molar-refractivity contribution is 7.89. The van der Waals surface area contributed by atoms with Crippen molar-refractivity contribution in [1.29, 1.82) is 0 Å². The fourth-order valence-corrected chi connectivity index (χ4v) is 5.20. The third kappa shape index (κ3) is 3.60. The van der Waals surface area contributed by atoms with Crippen LogP contribution in [-0.2, 0) is 22.9 Å². The second kappa shape index (κ2) is 7.35. The van der Waals surface area contributed by atoms with Gasteiger partial charge in [-0.25, -0.2) is 13.1 Å². The van der Waals surface area contributed by atoms with E-state index >= 15 is 0 Å². The molecule has 7 heteroatoms. The molecule has 2 aromatic carbocycles. The molecule has 2 N–H and O–H groups in total. The van der Waals surface area contributed by atoms with E-state index in [0.29, 0.717) is 35.5 Å². The maximum Gasteiger partial charge on any atom is 0.240 e. The van der Waals surface area contributed by atoms with Gasteiger partial charge in [0.2, 0.25) is 10.0 Å². The number of carbonyl (C=O) groups is 1. The Morgan fingerprint density at radius 1 is 1.14 bits per heavy atom. The van der Waals surface area contributed by atoms with Crippen LogP contribution in [0.5, 0.6) is 0 Å². The second-order valence-electron chi connectivity index (χ2n) is 7.19. The van der Waals surface area contributed by atoms with Gasteiger partial charge >= 0.3 is 0 Å². The van der Waals surface area contributed by atoms with Crippen LogP contribution in [-0.4, -0.2) is 25.7 Å². The number of nitrogens with one attached hydrogen (secondary N) is 2. The van der Waals surface area contributed by atoms with Gasteiger partial charge in [0.05, 0.1) is 4.90 Å². The molecule has 0 aliphatic heterocycles. The minimum atomic E-state index is -3.66. The molecule has 0 fully saturated rings. The van der Waals surface area contributed by atoms with Crippen molar-refractivity contribution >= 4 is 38.3 Å². The predicted molar refractivity (Wildman–Crippen MR) is 111 cm³/mol. The molecule has 1 heterocycles. The molecule has 3 aromatic rings. The number of Topliss-reactive ketones (excluding diaryl/α,β-unsaturated/α-hetero) is 1. The maximum absolute atomic E-state index is 12.8. The number of benzene rings is 2. The fourth-order valence-electron chi connectivity index (χ4n) is 3.79. The summed E-state index contributed by atoms with van der Waals surface area (Å²) in [6.07, 6.45) is 2.76. The lowest BCUT2D eigenvalue weighted by molar-refractivity contribution is 0.0974. The van der Waals surface area contributed by atoms with E-state index in [-0.39, 0.29) is 10.7 Å². The zero-order chi connectivity index (χ0) is 19.9. The number of fused-ring (bicyclic) bond motifs is 3. The van der Waals surface area contributed by atoms with Crippen molar-refractivity contribution in [3.63, 3.8) is 0 Å². The van der Waals surface area contributed by atoms with Crippen molar-refractivity contribution in [2.75, 3.05) is 6.54 Å². The molecule has 0 saturated carbocycles. The van der Waals surface area contributed by atoms with E-state index in [0.717, 1.165) is 35.0 Å². The number of sulfonamides is 1. The van der Waals surface area contributed by atoms with Crippen LogP contribution < -0.4 is 4.72 Å². The average molecular weight is 417 g/mol. The van der Waals surface area contributed by atoms with Gasteiger partial charge in [0.15, 0.2) is 5.78 Å². The molecule has 0 amide bonds. The maximum atomic E-state index is 12.8. The van der Waals surface area contributed by atoms with Gasteiger partial charge in [0.25, 0.3) is 0 Å². The summed E-state index contributed by atoms with van der Waals surface area (Å²) in [6, 6.07) is 10.8. The molecule has 0 spiro atoms. The quantitative estimate of drug-likeness (QED) is 0.655. The highest BCUT2D eigenvalue weighted by atomic mass is 35.5. The van der Waals surface area contributed by atoms with Crippen LogP contribution in [0.15, 0.2) is 41.3 Å². The Hall–Kier alpha value is -2.15. The Kier molecular flexibility index (Phi) is 5.04. The molecule has 0 saturated heterocycles. The predicted octanol–water partition coefficient (Wildman–Crippen LogP) is 4.17. The Bertz CT molecular complexity index is 1160. The zero-order valence-electron chi connectivity index (χ0n) is 15.5. The lowest BCUT2D eigenvalue weighted by Crippen LogP contribution is -2.26. The van der Waals surface area contributed by atoms with Crippen molar-refractivity contribution in [2.45, 2.75) is 37.5 Å². The van der Waals surface area contributed by atoms with E-state index in [4.69, 9.17) is 11.6 Å². The van der Waals surface area contributed by atoms with Crippen LogP contribution in [0.2, 0.25) is 5.02 Å². The molecule has 146 valence electrons. The number of aryl methyl sites for hydroxylation is 2. The fraction of sp³-hybridized carbons (Fsp3) is 0.286. The summed E-state index contributed by atoms with van der Waals surface area (Å²) >= 11 is 5.87. The normalized spacial score (nSPS) is 14.4. The molecule has 0 bridgehead atoms. The highest BCUT2D eigenvalue weighted by Gasteiger charge is 2.25. The van der Waals surface area contributed by atoms with Crippen LogP contribution in [0, 0.1) is 6.92 Å². The van der Waals surface area contributed by atoms with E-state index in [1.54, 1.807) is 25.1 Å². The molecule has 0 radical (unpaired) electrons. The number of halogens is 1. The molecule has 5 nitrogen and oxygen atoms in total. The average Bonchev–Trinajstić information content (AvgIpc) is 3.01. The number of H-pyrrole nitrogens is 1. The van der Waals surface area contributed by atoms with Gasteiger partial charge in [-0.05, 0) is 61.6 Å². The van der Waals surface area contributed by atoms with E-state index < -0.39 is 10.0 Å². The number of ketones is 1. The molecular formula is C21H21ClN2O3S. The van der Waals surface area contributed by atoms with E-state index in [2.05, 4.69) is 9.71 Å². The van der Waals surface area contributed by atoms with Gasteiger partial charge in [0, 0.05) is 40.1 Å². The number of hydrogen-bond donors (Lipinski definition) is 2. The summed E-state index contributed by atoms with van der Waals surface area (Å²) in [5.41, 5.74) is 3.98. The third-order valence-corrected chi connectivity index (χ3v) is 7.04. The second-order valence-corrected chi connectivity index (χ2v) is 9.36. The summed E-state index contributed by atoms with van der Waals surface area (Å²) in [7, 11) is -3.66. The van der Waals surface area contributed by atoms with Gasteiger partial charge < -0.3 is 4.98 Å². The zero-order valence-corrected chi connectivity index (χ0v) is 17.1. The summed E-state index contributed by atoms with van der Waals surface area (Å²) in [6.45, 7) is 2.06. The molecule has 0 unspecified atom stereocenters. The van der Waals surface area contributed by atoms with E-state index in [1.165, 1.54) is 0 Å².